The van der Waals surface area contributed by atoms with Crippen LogP contribution in [-0.4, -0.2) is 61.5 Å². The van der Waals surface area contributed by atoms with Gasteiger partial charge in [-0.05, 0) is 54.9 Å². The molecule has 3 aromatic carbocycles. The van der Waals surface area contributed by atoms with Crippen LogP contribution in [0.4, 0.5) is 33.2 Å². The molecule has 2 aliphatic rings. The summed E-state index contributed by atoms with van der Waals surface area (Å²) in [7, 11) is 2.10. The Morgan fingerprint density at radius 3 is 2.45 bits per heavy atom. The first-order chi connectivity index (χ1) is 19.2. The van der Waals surface area contributed by atoms with Crippen LogP contribution in [0, 0.1) is 10.1 Å². The number of carbonyl (C=O) groups excluding carboxylic acids is 2. The molecule has 12 heteroatoms. The summed E-state index contributed by atoms with van der Waals surface area (Å²) in [6.45, 7) is 4.22. The summed E-state index contributed by atoms with van der Waals surface area (Å²) in [5.74, 6) is -0.0697. The molecule has 2 aliphatic heterocycles. The molecular weight excluding hydrogens is 555 g/mol. The molecule has 10 nitrogen and oxygen atoms in total. The van der Waals surface area contributed by atoms with Gasteiger partial charge in [-0.25, -0.2) is 4.79 Å². The molecule has 0 bridgehead atoms. The SMILES string of the molecule is CN1CCN(c2cc3c(cc2Cl)CCN3C(=O)Cc2ccc(Cl)c(NC(=O)Nc3cccc([N+](=O)[O-])c3)c2)CC1. The fraction of sp³-hybridized carbons (Fsp3) is 0.286. The van der Waals surface area contributed by atoms with Crippen molar-refractivity contribution in [3.63, 3.8) is 0 Å². The summed E-state index contributed by atoms with van der Waals surface area (Å²) in [5, 5.41) is 17.2. The summed E-state index contributed by atoms with van der Waals surface area (Å²) in [5.41, 5.74) is 4.00. The van der Waals surface area contributed by atoms with Gasteiger partial charge in [0, 0.05) is 56.2 Å². The molecule has 0 saturated carbocycles. The van der Waals surface area contributed by atoms with Crippen LogP contribution in [0.5, 0.6) is 0 Å². The van der Waals surface area contributed by atoms with Gasteiger partial charge in [0.25, 0.3) is 5.69 Å². The zero-order chi connectivity index (χ0) is 28.4. The number of carbonyl (C=O) groups is 2. The molecular formula is C28H28Cl2N6O4. The Kier molecular flexibility index (Phi) is 8.11. The third-order valence-corrected chi connectivity index (χ3v) is 7.77. The lowest BCUT2D eigenvalue weighted by Gasteiger charge is -2.35. The van der Waals surface area contributed by atoms with Gasteiger partial charge in [-0.3, -0.25) is 14.9 Å². The Balaban J connectivity index is 1.27. The number of urea groups is 1. The lowest BCUT2D eigenvalue weighted by Crippen LogP contribution is -2.44. The Bertz CT molecular complexity index is 1480. The van der Waals surface area contributed by atoms with E-state index in [2.05, 4.69) is 27.5 Å². The first kappa shape index (κ1) is 27.7. The van der Waals surface area contributed by atoms with Crippen molar-refractivity contribution in [3.05, 3.63) is 85.9 Å². The van der Waals surface area contributed by atoms with Gasteiger partial charge in [-0.15, -0.1) is 0 Å². The highest BCUT2D eigenvalue weighted by atomic mass is 35.5. The molecule has 40 heavy (non-hydrogen) atoms. The van der Waals surface area contributed by atoms with E-state index in [1.807, 2.05) is 12.1 Å². The highest BCUT2D eigenvalue weighted by Gasteiger charge is 2.28. The molecule has 0 radical (unpaired) electrons. The zero-order valence-electron chi connectivity index (χ0n) is 21.8. The minimum atomic E-state index is -0.618. The average molecular weight is 583 g/mol. The second kappa shape index (κ2) is 11.7. The number of benzene rings is 3. The number of hydrogen-bond acceptors (Lipinski definition) is 6. The number of nitro benzene ring substituents is 1. The number of piperazine rings is 1. The number of non-ortho nitro benzene ring substituents is 1. The third-order valence-electron chi connectivity index (χ3n) is 7.14. The van der Waals surface area contributed by atoms with Crippen molar-refractivity contribution in [1.82, 2.24) is 4.90 Å². The van der Waals surface area contributed by atoms with Gasteiger partial charge in [-0.2, -0.15) is 0 Å². The normalized spacial score (nSPS) is 15.1. The van der Waals surface area contributed by atoms with E-state index in [1.54, 1.807) is 29.2 Å². The average Bonchev–Trinajstić information content (AvgIpc) is 3.33. The third kappa shape index (κ3) is 6.14. The second-order valence-electron chi connectivity index (χ2n) is 9.90. The highest BCUT2D eigenvalue weighted by molar-refractivity contribution is 6.34. The summed E-state index contributed by atoms with van der Waals surface area (Å²) in [4.78, 5) is 42.8. The van der Waals surface area contributed by atoms with Crippen LogP contribution in [0.2, 0.25) is 10.0 Å². The maximum absolute atomic E-state index is 13.4. The molecule has 2 heterocycles. The number of halogens is 2. The number of fused-ring (bicyclic) bond motifs is 1. The van der Waals surface area contributed by atoms with Crippen LogP contribution in [-0.2, 0) is 17.6 Å². The van der Waals surface area contributed by atoms with E-state index in [0.717, 1.165) is 49.5 Å². The number of nitro groups is 1. The minimum absolute atomic E-state index is 0.0697. The van der Waals surface area contributed by atoms with E-state index in [4.69, 9.17) is 23.2 Å². The van der Waals surface area contributed by atoms with Crippen molar-refractivity contribution in [2.75, 3.05) is 60.2 Å². The van der Waals surface area contributed by atoms with E-state index in [9.17, 15) is 19.7 Å². The number of anilines is 4. The van der Waals surface area contributed by atoms with Crippen molar-refractivity contribution < 1.29 is 14.5 Å². The van der Waals surface area contributed by atoms with E-state index in [-0.39, 0.29) is 23.7 Å². The van der Waals surface area contributed by atoms with Crippen molar-refractivity contribution in [1.29, 1.82) is 0 Å². The largest absolute Gasteiger partial charge is 0.368 e. The fourth-order valence-electron chi connectivity index (χ4n) is 4.98. The van der Waals surface area contributed by atoms with Gasteiger partial charge < -0.3 is 25.3 Å². The maximum Gasteiger partial charge on any atom is 0.323 e. The van der Waals surface area contributed by atoms with Gasteiger partial charge >= 0.3 is 6.03 Å². The number of hydrogen-bond donors (Lipinski definition) is 2. The van der Waals surface area contributed by atoms with Crippen LogP contribution >= 0.6 is 23.2 Å². The summed E-state index contributed by atoms with van der Waals surface area (Å²) in [6, 6.07) is 14.0. The van der Waals surface area contributed by atoms with Crippen LogP contribution in [0.3, 0.4) is 0 Å². The predicted molar refractivity (Wildman–Crippen MR) is 158 cm³/mol. The lowest BCUT2D eigenvalue weighted by atomic mass is 10.1. The van der Waals surface area contributed by atoms with E-state index >= 15 is 0 Å². The summed E-state index contributed by atoms with van der Waals surface area (Å²) < 4.78 is 0. The first-order valence-corrected chi connectivity index (χ1v) is 13.6. The Morgan fingerprint density at radius 2 is 1.70 bits per heavy atom. The van der Waals surface area contributed by atoms with Crippen molar-refractivity contribution in [3.8, 4) is 0 Å². The Morgan fingerprint density at radius 1 is 0.925 bits per heavy atom. The maximum atomic E-state index is 13.4. The minimum Gasteiger partial charge on any atom is -0.368 e. The monoisotopic (exact) mass is 582 g/mol. The van der Waals surface area contributed by atoms with Crippen molar-refractivity contribution in [2.45, 2.75) is 12.8 Å². The zero-order valence-corrected chi connectivity index (χ0v) is 23.3. The topological polar surface area (TPSA) is 111 Å². The molecule has 2 N–H and O–H groups in total. The summed E-state index contributed by atoms with van der Waals surface area (Å²) >= 11 is 12.9. The van der Waals surface area contributed by atoms with Gasteiger partial charge in [0.1, 0.15) is 0 Å². The second-order valence-corrected chi connectivity index (χ2v) is 10.7. The first-order valence-electron chi connectivity index (χ1n) is 12.8. The standard InChI is InChI=1S/C28H28Cl2N6O4/c1-33-9-11-34(12-10-33)26-17-25-19(15-23(26)30)7-8-35(25)27(37)14-18-5-6-22(29)24(13-18)32-28(38)31-20-3-2-4-21(16-20)36(39)40/h2-6,13,15-17H,7-12,14H2,1H3,(H2,31,32,38). The Labute approximate surface area is 241 Å². The van der Waals surface area contributed by atoms with E-state index in [0.29, 0.717) is 27.8 Å². The molecule has 0 aliphatic carbocycles. The Hall–Kier alpha value is -3.86. The van der Waals surface area contributed by atoms with Gasteiger partial charge in [0.05, 0.1) is 32.8 Å². The smallest absolute Gasteiger partial charge is 0.323 e. The summed E-state index contributed by atoms with van der Waals surface area (Å²) in [6.07, 6.45) is 0.847. The van der Waals surface area contributed by atoms with Crippen LogP contribution < -0.4 is 20.4 Å². The molecule has 1 fully saturated rings. The van der Waals surface area contributed by atoms with Crippen molar-refractivity contribution in [2.24, 2.45) is 0 Å². The molecule has 0 unspecified atom stereocenters. The number of amides is 3. The predicted octanol–water partition coefficient (Wildman–Crippen LogP) is 5.43. The molecule has 3 aromatic rings. The molecule has 1 saturated heterocycles. The molecule has 0 atom stereocenters. The van der Waals surface area contributed by atoms with Crippen LogP contribution in [0.25, 0.3) is 0 Å². The lowest BCUT2D eigenvalue weighted by molar-refractivity contribution is -0.384. The van der Waals surface area contributed by atoms with E-state index in [1.165, 1.54) is 18.2 Å². The molecule has 5 rings (SSSR count). The van der Waals surface area contributed by atoms with E-state index < -0.39 is 11.0 Å². The van der Waals surface area contributed by atoms with Gasteiger partial charge in [0.15, 0.2) is 0 Å². The number of likely N-dealkylation sites (N-methyl/N-ethyl adjacent to an activating group) is 1. The van der Waals surface area contributed by atoms with Gasteiger partial charge in [0.2, 0.25) is 5.91 Å². The molecule has 208 valence electrons. The van der Waals surface area contributed by atoms with Crippen molar-refractivity contribution >= 4 is 63.6 Å². The number of nitrogens with zero attached hydrogens (tertiary/aromatic N) is 4. The number of nitrogens with one attached hydrogen (secondary N) is 2. The molecule has 0 spiro atoms. The van der Waals surface area contributed by atoms with Crippen LogP contribution in [0.1, 0.15) is 11.1 Å². The number of rotatable bonds is 6. The molecule has 0 aromatic heterocycles. The van der Waals surface area contributed by atoms with Gasteiger partial charge in [-0.1, -0.05) is 35.3 Å². The fourth-order valence-corrected chi connectivity index (χ4v) is 5.45. The van der Waals surface area contributed by atoms with Crippen LogP contribution in [0.15, 0.2) is 54.6 Å². The molecule has 3 amide bonds. The highest BCUT2D eigenvalue weighted by Crippen LogP contribution is 2.38. The quantitative estimate of drug-likeness (QED) is 0.296.